The average molecular weight is 1800 g/mol. The molecule has 5 rings (SSSR count). The first kappa shape index (κ1) is 106. The lowest BCUT2D eigenvalue weighted by molar-refractivity contribution is 0.102. The molecule has 5 aromatic rings. The smallest absolute Gasteiger partial charge is 0.356 e. The minimum absolute atomic E-state index is 0.00611. The number of aromatic nitrogens is 4. The molecule has 24 nitrogen and oxygen atoms in total. The maximum absolute atomic E-state index is 12.4. The highest BCUT2D eigenvalue weighted by molar-refractivity contribution is 9.09. The van der Waals surface area contributed by atoms with E-state index in [1.165, 1.54) is 11.8 Å². The lowest BCUT2D eigenvalue weighted by Gasteiger charge is -2.15. The van der Waals surface area contributed by atoms with Gasteiger partial charge >= 0.3 is 30.4 Å². The molecule has 35 heteroatoms. The molecule has 0 aliphatic heterocycles. The van der Waals surface area contributed by atoms with Crippen molar-refractivity contribution in [1.82, 2.24) is 19.5 Å². The first-order chi connectivity index (χ1) is 52.7. The van der Waals surface area contributed by atoms with E-state index in [1.54, 1.807) is 79.3 Å². The number of hydrogen-bond donors (Lipinski definition) is 4. The van der Waals surface area contributed by atoms with Crippen LogP contribution in [0.3, 0.4) is 0 Å². The molecule has 0 saturated heterocycles. The summed E-state index contributed by atoms with van der Waals surface area (Å²) in [7, 11) is -12.5. The van der Waals surface area contributed by atoms with Crippen LogP contribution < -0.4 is 0 Å². The standard InChI is InChI=1S/C22H29Cl2N2O5PS.C20H20Cl2N2OS.C10H19O4P.C9H16BrO4P.C9H17O5P.C5H8O/c1-5-30-32(28,31-6-2)15-29-10-8-7-9-26-20(14-27)25-21(16(3)4)22(26)33-19-12-17(23)11-18(24)13-19;1-13(2)19-20(26-17-9-15(21)8-16(22)10-17)24-18(23-19)12-25-11-14-6-4-3-5-7-14;1-4-7-8-9-12-10-15(11,13-5-2)14-6-3;2*1-3-13-15(11,14-4-2)9-12-8-6-5-7-10;1-2-3-4-5-6/h11-13,16,27H,5-6,9-10,14-15H2,1-4H3;3-10,13H,11-12H2,1-2H3,(H,23,24);4-6,9-10H2,1-3H3;3-4,7-9H2,1-2H3;10H,3-4,7-9H2,1-2H3;6H,2,5H2,1H3. The summed E-state index contributed by atoms with van der Waals surface area (Å²) in [6.07, 6.45) is 1.26. The van der Waals surface area contributed by atoms with E-state index in [1.807, 2.05) is 86.9 Å². The van der Waals surface area contributed by atoms with Crippen LogP contribution >= 0.6 is 116 Å². The van der Waals surface area contributed by atoms with E-state index >= 15 is 0 Å². The number of H-pyrrole nitrogens is 1. The van der Waals surface area contributed by atoms with Gasteiger partial charge in [0.05, 0.1) is 82.7 Å². The Morgan fingerprint density at radius 1 is 0.473 bits per heavy atom. The zero-order chi connectivity index (χ0) is 82.5. The molecule has 110 heavy (non-hydrogen) atoms. The first-order valence-corrected chi connectivity index (χ1v) is 46.5. The Hall–Kier alpha value is -3.50. The van der Waals surface area contributed by atoms with Crippen LogP contribution in [0.5, 0.6) is 0 Å². The molecule has 0 aliphatic rings. The van der Waals surface area contributed by atoms with Crippen molar-refractivity contribution < 1.29 is 93.5 Å². The molecule has 0 amide bonds. The Balaban J connectivity index is 0.00000138. The molecule has 2 aromatic heterocycles. The maximum Gasteiger partial charge on any atom is 0.356 e. The third-order valence-electron chi connectivity index (χ3n) is 12.2. The number of benzene rings is 3. The van der Waals surface area contributed by atoms with Crippen LogP contribution in [0, 0.1) is 59.2 Å². The van der Waals surface area contributed by atoms with Gasteiger partial charge in [-0.15, -0.1) is 11.8 Å². The fraction of sp³-hybridized carbons (Fsp3) is 0.547. The number of alkyl halides is 1. The number of nitrogens with zero attached hydrogens (tertiary/aromatic N) is 3. The number of aliphatic hydroxyl groups excluding tert-OH is 3. The average Bonchev–Trinajstić information content (AvgIpc) is 1.65. The van der Waals surface area contributed by atoms with Crippen molar-refractivity contribution in [2.45, 2.75) is 168 Å². The number of hydrogen-bond acceptors (Lipinski definition) is 24. The number of aliphatic hydroxyl groups is 3. The predicted octanol–water partition coefficient (Wildman–Crippen LogP) is 19.8. The first-order valence-electron chi connectivity index (χ1n) is 35.3. The van der Waals surface area contributed by atoms with Gasteiger partial charge in [-0.2, -0.15) is 0 Å². The Labute approximate surface area is 689 Å². The molecule has 0 radical (unpaired) electrons. The molecule has 0 saturated carbocycles. The minimum Gasteiger partial charge on any atom is -0.388 e. The molecule has 0 fully saturated rings. The van der Waals surface area contributed by atoms with Crippen LogP contribution in [0.4, 0.5) is 0 Å². The van der Waals surface area contributed by atoms with Gasteiger partial charge in [0, 0.05) is 42.7 Å². The van der Waals surface area contributed by atoms with Crippen molar-refractivity contribution in [3.8, 4) is 59.2 Å². The van der Waals surface area contributed by atoms with Crippen molar-refractivity contribution in [2.75, 3.05) is 123 Å². The van der Waals surface area contributed by atoms with Crippen molar-refractivity contribution in [3.63, 3.8) is 0 Å². The van der Waals surface area contributed by atoms with Gasteiger partial charge < -0.3 is 84.7 Å². The number of ether oxygens (including phenoxy) is 5. The molecule has 2 heterocycles. The molecular formula is C75H109BrCl4N4O20P4S2. The number of imidazole rings is 2. The van der Waals surface area contributed by atoms with Crippen molar-refractivity contribution >= 4 is 116 Å². The van der Waals surface area contributed by atoms with Crippen molar-refractivity contribution in [3.05, 3.63) is 115 Å². The van der Waals surface area contributed by atoms with E-state index in [-0.39, 0.29) is 90.8 Å². The number of nitrogens with one attached hydrogen (secondary N) is 1. The van der Waals surface area contributed by atoms with Crippen LogP contribution in [-0.4, -0.2) is 158 Å². The van der Waals surface area contributed by atoms with Gasteiger partial charge in [-0.05, 0) is 109 Å². The fourth-order valence-electron chi connectivity index (χ4n) is 8.07. The largest absolute Gasteiger partial charge is 0.388 e. The molecule has 0 unspecified atom stereocenters. The van der Waals surface area contributed by atoms with Gasteiger partial charge in [-0.3, -0.25) is 18.3 Å². The molecule has 3 aromatic carbocycles. The number of aromatic amines is 1. The second-order valence-corrected chi connectivity index (χ2v) is 34.1. The molecule has 616 valence electrons. The van der Waals surface area contributed by atoms with Gasteiger partial charge in [-0.1, -0.05) is 205 Å². The van der Waals surface area contributed by atoms with Gasteiger partial charge in [0.2, 0.25) is 0 Å². The molecule has 0 spiro atoms. The maximum atomic E-state index is 12.4. The van der Waals surface area contributed by atoms with E-state index in [0.29, 0.717) is 96.6 Å². The molecule has 0 aliphatic carbocycles. The van der Waals surface area contributed by atoms with Crippen molar-refractivity contribution in [1.29, 1.82) is 0 Å². The highest BCUT2D eigenvalue weighted by Crippen LogP contribution is 2.50. The zero-order valence-electron chi connectivity index (χ0n) is 65.3. The highest BCUT2D eigenvalue weighted by Gasteiger charge is 2.27. The molecule has 0 bridgehead atoms. The predicted molar refractivity (Wildman–Crippen MR) is 445 cm³/mol. The highest BCUT2D eigenvalue weighted by atomic mass is 79.9. The van der Waals surface area contributed by atoms with Crippen molar-refractivity contribution in [2.24, 2.45) is 0 Å². The van der Waals surface area contributed by atoms with E-state index in [4.69, 9.17) is 121 Å². The summed E-state index contributed by atoms with van der Waals surface area (Å²) in [5.74, 6) is 29.0. The summed E-state index contributed by atoms with van der Waals surface area (Å²) in [6, 6.07) is 20.9. The fourth-order valence-corrected chi connectivity index (χ4v) is 17.3. The molecule has 0 atom stereocenters. The monoisotopic (exact) mass is 1790 g/mol. The third-order valence-corrected chi connectivity index (χ3v) is 22.7. The Morgan fingerprint density at radius 3 is 1.20 bits per heavy atom. The lowest BCUT2D eigenvalue weighted by Crippen LogP contribution is -2.05. The topological polar surface area (TPSA) is 295 Å². The third kappa shape index (κ3) is 50.1. The SMILES string of the molecule is CC(C)c1[nH]c(COCc2ccccc2)nc1Sc1cc(Cl)cc(Cl)c1.CCC#CCO.CCC#CCOCP(=O)(OCC)OCC.CCOP(=O)(COCC#CCBr)OCC.CCOP(=O)(COCC#CCO)OCC.CCOP(=O)(COCC#CCn1c(CO)nc(C(C)C)c1Sc1cc(Cl)cc(Cl)c1)OCC. The van der Waals surface area contributed by atoms with Gasteiger partial charge in [-0.25, -0.2) is 9.97 Å². The van der Waals surface area contributed by atoms with Crippen LogP contribution in [0.25, 0.3) is 0 Å². The Morgan fingerprint density at radius 2 is 0.845 bits per heavy atom. The van der Waals surface area contributed by atoms with E-state index < -0.39 is 30.4 Å². The second kappa shape index (κ2) is 65.6. The second-order valence-electron chi connectivity index (χ2n) is 21.7. The van der Waals surface area contributed by atoms with Gasteiger partial charge in [0.15, 0.2) is 0 Å². The van der Waals surface area contributed by atoms with Crippen LogP contribution in [-0.2, 0) is 104 Å². The van der Waals surface area contributed by atoms with E-state index in [0.717, 1.165) is 55.5 Å². The molecule has 4 N–H and O–H groups in total. The minimum atomic E-state index is -3.26. The van der Waals surface area contributed by atoms with Crippen LogP contribution in [0.1, 0.15) is 150 Å². The summed E-state index contributed by atoms with van der Waals surface area (Å²) >= 11 is 30.7. The van der Waals surface area contributed by atoms with E-state index in [9.17, 15) is 23.4 Å². The zero-order valence-corrected chi connectivity index (χ0v) is 75.1. The van der Waals surface area contributed by atoms with Gasteiger partial charge in [0.25, 0.3) is 0 Å². The lowest BCUT2D eigenvalue weighted by atomic mass is 10.1. The quantitative estimate of drug-likeness (QED) is 0.0123. The number of rotatable bonds is 40. The Kier molecular flexibility index (Phi) is 63.5. The summed E-state index contributed by atoms with van der Waals surface area (Å²) in [5, 5.41) is 30.9. The Bertz CT molecular complexity index is 3670. The van der Waals surface area contributed by atoms with Crippen LogP contribution in [0.15, 0.2) is 86.6 Å². The van der Waals surface area contributed by atoms with Gasteiger partial charge in [0.1, 0.15) is 99.9 Å². The summed E-state index contributed by atoms with van der Waals surface area (Å²) < 4.78 is 117. The summed E-state index contributed by atoms with van der Waals surface area (Å²) in [5.41, 5.74) is 3.09. The van der Waals surface area contributed by atoms with Crippen LogP contribution in [0.2, 0.25) is 20.1 Å². The molecular weight excluding hydrogens is 1690 g/mol. The normalized spacial score (nSPS) is 10.9. The summed E-state index contributed by atoms with van der Waals surface area (Å²) in [4.78, 5) is 14.5. The van der Waals surface area contributed by atoms with E-state index in [2.05, 4.69) is 98.9 Å². The number of halogens is 5. The summed E-state index contributed by atoms with van der Waals surface area (Å²) in [6.45, 7) is 30.3.